The summed E-state index contributed by atoms with van der Waals surface area (Å²) in [6, 6.07) is 19.0. The Morgan fingerprint density at radius 1 is 0.885 bits per heavy atom. The van der Waals surface area contributed by atoms with Gasteiger partial charge in [0, 0.05) is 33.2 Å². The van der Waals surface area contributed by atoms with Crippen LogP contribution in [0.15, 0.2) is 54.6 Å². The number of pyridine rings is 2. The van der Waals surface area contributed by atoms with Crippen LogP contribution in [0.1, 0.15) is 30.3 Å². The van der Waals surface area contributed by atoms with Gasteiger partial charge in [0.1, 0.15) is 5.82 Å². The van der Waals surface area contributed by atoms with Gasteiger partial charge in [-0.3, -0.25) is 4.98 Å². The molecule has 2 aromatic heterocycles. The van der Waals surface area contributed by atoms with Gasteiger partial charge in [0.05, 0.1) is 5.52 Å². The molecule has 0 fully saturated rings. The minimum Gasteiger partial charge on any atom is -0.340 e. The fourth-order valence-electron chi connectivity index (χ4n) is 3.61. The second-order valence-corrected chi connectivity index (χ2v) is 6.82. The summed E-state index contributed by atoms with van der Waals surface area (Å²) in [5.41, 5.74) is 5.45. The van der Waals surface area contributed by atoms with Crippen molar-refractivity contribution < 1.29 is 0 Å². The van der Waals surface area contributed by atoms with E-state index in [1.165, 1.54) is 16.3 Å². The van der Waals surface area contributed by atoms with Gasteiger partial charge in [-0.25, -0.2) is 4.98 Å². The standard InChI is InChI=1S/C23H23N3/c1-4-8-17-11-12-19-21(14-17)26-23(25-18-9-6-5-7-10-18)20-13-15(2)24-16(3)22(19)20/h5-7,9-14H,4,8H2,1-3H3,(H,25,26). The third-order valence-corrected chi connectivity index (χ3v) is 4.72. The predicted molar refractivity (Wildman–Crippen MR) is 110 cm³/mol. The summed E-state index contributed by atoms with van der Waals surface area (Å²) in [6.07, 6.45) is 2.20. The van der Waals surface area contributed by atoms with E-state index >= 15 is 0 Å². The van der Waals surface area contributed by atoms with Crippen molar-refractivity contribution in [3.63, 3.8) is 0 Å². The van der Waals surface area contributed by atoms with Crippen LogP contribution in [0.3, 0.4) is 0 Å². The molecule has 2 heterocycles. The quantitative estimate of drug-likeness (QED) is 0.456. The molecule has 0 aliphatic heterocycles. The molecule has 4 rings (SSSR count). The zero-order valence-electron chi connectivity index (χ0n) is 15.5. The Balaban J connectivity index is 2.00. The average molecular weight is 341 g/mol. The lowest BCUT2D eigenvalue weighted by Gasteiger charge is -2.14. The molecule has 0 aliphatic rings. The van der Waals surface area contributed by atoms with Crippen LogP contribution in [0.4, 0.5) is 11.5 Å². The molecule has 0 spiro atoms. The van der Waals surface area contributed by atoms with Crippen LogP contribution in [0, 0.1) is 13.8 Å². The van der Waals surface area contributed by atoms with Crippen molar-refractivity contribution in [2.45, 2.75) is 33.6 Å². The lowest BCUT2D eigenvalue weighted by atomic mass is 10.0. The third-order valence-electron chi connectivity index (χ3n) is 4.72. The Labute approximate surface area is 154 Å². The summed E-state index contributed by atoms with van der Waals surface area (Å²) in [4.78, 5) is 9.69. The fourth-order valence-corrected chi connectivity index (χ4v) is 3.61. The normalized spacial score (nSPS) is 11.2. The van der Waals surface area contributed by atoms with E-state index in [9.17, 15) is 0 Å². The number of anilines is 2. The number of rotatable bonds is 4. The predicted octanol–water partition coefficient (Wildman–Crippen LogP) is 6.10. The van der Waals surface area contributed by atoms with Crippen molar-refractivity contribution in [1.82, 2.24) is 9.97 Å². The van der Waals surface area contributed by atoms with E-state index in [1.807, 2.05) is 25.1 Å². The van der Waals surface area contributed by atoms with E-state index in [4.69, 9.17) is 9.97 Å². The van der Waals surface area contributed by atoms with E-state index in [1.54, 1.807) is 0 Å². The van der Waals surface area contributed by atoms with Crippen molar-refractivity contribution in [2.24, 2.45) is 0 Å². The van der Waals surface area contributed by atoms with Crippen molar-refractivity contribution >= 4 is 33.2 Å². The number of para-hydroxylation sites is 1. The number of hydrogen-bond acceptors (Lipinski definition) is 3. The summed E-state index contributed by atoms with van der Waals surface area (Å²) < 4.78 is 0. The van der Waals surface area contributed by atoms with E-state index in [0.717, 1.165) is 46.6 Å². The SMILES string of the molecule is CCCc1ccc2c(c1)nc(Nc1ccccc1)c1cc(C)nc(C)c12. The van der Waals surface area contributed by atoms with Crippen molar-refractivity contribution in [3.8, 4) is 0 Å². The largest absolute Gasteiger partial charge is 0.340 e. The molecule has 0 amide bonds. The Morgan fingerprint density at radius 3 is 2.46 bits per heavy atom. The lowest BCUT2D eigenvalue weighted by molar-refractivity contribution is 0.923. The topological polar surface area (TPSA) is 37.8 Å². The Hall–Kier alpha value is -2.94. The second-order valence-electron chi connectivity index (χ2n) is 6.82. The van der Waals surface area contributed by atoms with Crippen LogP contribution in [0.2, 0.25) is 0 Å². The zero-order chi connectivity index (χ0) is 18.1. The summed E-state index contributed by atoms with van der Waals surface area (Å²) in [5, 5.41) is 6.98. The van der Waals surface area contributed by atoms with E-state index < -0.39 is 0 Å². The molecule has 2 aromatic carbocycles. The zero-order valence-corrected chi connectivity index (χ0v) is 15.5. The van der Waals surface area contributed by atoms with Gasteiger partial charge < -0.3 is 5.32 Å². The van der Waals surface area contributed by atoms with Crippen LogP contribution >= 0.6 is 0 Å². The number of nitrogens with zero attached hydrogens (tertiary/aromatic N) is 2. The minimum absolute atomic E-state index is 0.890. The number of aryl methyl sites for hydroxylation is 3. The molecule has 0 unspecified atom stereocenters. The molecule has 0 saturated carbocycles. The van der Waals surface area contributed by atoms with Gasteiger partial charge in [0.2, 0.25) is 0 Å². The van der Waals surface area contributed by atoms with Gasteiger partial charge in [-0.2, -0.15) is 0 Å². The average Bonchev–Trinajstić information content (AvgIpc) is 2.63. The van der Waals surface area contributed by atoms with Crippen LogP contribution < -0.4 is 5.32 Å². The molecule has 4 aromatic rings. The first-order chi connectivity index (χ1) is 12.7. The maximum atomic E-state index is 4.98. The monoisotopic (exact) mass is 341 g/mol. The highest BCUT2D eigenvalue weighted by Gasteiger charge is 2.13. The maximum Gasteiger partial charge on any atom is 0.139 e. The van der Waals surface area contributed by atoms with Gasteiger partial charge in [0.15, 0.2) is 0 Å². The molecule has 3 heteroatoms. The van der Waals surface area contributed by atoms with Crippen molar-refractivity contribution in [3.05, 3.63) is 71.5 Å². The van der Waals surface area contributed by atoms with Crippen LogP contribution in [-0.2, 0) is 6.42 Å². The third kappa shape index (κ3) is 3.01. The lowest BCUT2D eigenvalue weighted by Crippen LogP contribution is -1.99. The first-order valence-corrected chi connectivity index (χ1v) is 9.18. The van der Waals surface area contributed by atoms with E-state index in [0.29, 0.717) is 0 Å². The highest BCUT2D eigenvalue weighted by Crippen LogP contribution is 2.33. The number of hydrogen-bond donors (Lipinski definition) is 1. The molecule has 26 heavy (non-hydrogen) atoms. The Bertz CT molecular complexity index is 1080. The summed E-state index contributed by atoms with van der Waals surface area (Å²) in [5.74, 6) is 0.890. The highest BCUT2D eigenvalue weighted by molar-refractivity contribution is 6.11. The Morgan fingerprint density at radius 2 is 1.69 bits per heavy atom. The van der Waals surface area contributed by atoms with Crippen LogP contribution in [-0.4, -0.2) is 9.97 Å². The summed E-state index contributed by atoms with van der Waals surface area (Å²) in [7, 11) is 0. The van der Waals surface area contributed by atoms with Crippen molar-refractivity contribution in [2.75, 3.05) is 5.32 Å². The number of benzene rings is 2. The molecular formula is C23H23N3. The first-order valence-electron chi connectivity index (χ1n) is 9.18. The van der Waals surface area contributed by atoms with Gasteiger partial charge in [-0.05, 0) is 50.1 Å². The first kappa shape index (κ1) is 16.5. The molecule has 0 aliphatic carbocycles. The minimum atomic E-state index is 0.890. The van der Waals surface area contributed by atoms with Gasteiger partial charge in [-0.15, -0.1) is 0 Å². The molecule has 0 atom stereocenters. The van der Waals surface area contributed by atoms with Crippen molar-refractivity contribution in [1.29, 1.82) is 0 Å². The van der Waals surface area contributed by atoms with E-state index in [-0.39, 0.29) is 0 Å². The molecule has 0 saturated heterocycles. The molecule has 1 N–H and O–H groups in total. The summed E-state index contributed by atoms with van der Waals surface area (Å²) in [6.45, 7) is 6.32. The van der Waals surface area contributed by atoms with Gasteiger partial charge in [-0.1, -0.05) is 43.7 Å². The van der Waals surface area contributed by atoms with Gasteiger partial charge >= 0.3 is 0 Å². The fraction of sp³-hybridized carbons (Fsp3) is 0.217. The maximum absolute atomic E-state index is 4.98. The second kappa shape index (κ2) is 6.75. The number of fused-ring (bicyclic) bond motifs is 3. The molecular weight excluding hydrogens is 318 g/mol. The highest BCUT2D eigenvalue weighted by atomic mass is 15.0. The van der Waals surface area contributed by atoms with Crippen LogP contribution in [0.5, 0.6) is 0 Å². The molecule has 130 valence electrons. The van der Waals surface area contributed by atoms with Gasteiger partial charge in [0.25, 0.3) is 0 Å². The van der Waals surface area contributed by atoms with Crippen LogP contribution in [0.25, 0.3) is 21.7 Å². The smallest absolute Gasteiger partial charge is 0.139 e. The molecule has 0 radical (unpaired) electrons. The molecule has 0 bridgehead atoms. The summed E-state index contributed by atoms with van der Waals surface area (Å²) >= 11 is 0. The Kier molecular flexibility index (Phi) is 4.29. The molecule has 3 nitrogen and oxygen atoms in total. The number of aromatic nitrogens is 2. The van der Waals surface area contributed by atoms with E-state index in [2.05, 4.69) is 55.6 Å². The number of nitrogens with one attached hydrogen (secondary N) is 1.